The summed E-state index contributed by atoms with van der Waals surface area (Å²) < 4.78 is 0. The number of fused-ring (bicyclic) bond motifs is 1. The van der Waals surface area contributed by atoms with Crippen LogP contribution in [0.15, 0.2) is 49.2 Å². The Balaban J connectivity index is 2.02. The lowest BCUT2D eigenvalue weighted by Crippen LogP contribution is -2.13. The molecule has 3 aromatic rings. The van der Waals surface area contributed by atoms with E-state index in [0.717, 1.165) is 10.8 Å². The van der Waals surface area contributed by atoms with E-state index in [1.807, 2.05) is 24.3 Å². The highest BCUT2D eigenvalue weighted by Gasteiger charge is 2.13. The van der Waals surface area contributed by atoms with E-state index in [2.05, 4.69) is 20.3 Å². The van der Waals surface area contributed by atoms with Crippen molar-refractivity contribution in [2.45, 2.75) is 0 Å². The molecule has 0 fully saturated rings. The van der Waals surface area contributed by atoms with Crippen LogP contribution in [-0.2, 0) is 0 Å². The highest BCUT2D eigenvalue weighted by molar-refractivity contribution is 6.35. The first kappa shape index (κ1) is 12.5. The van der Waals surface area contributed by atoms with Gasteiger partial charge in [0.15, 0.2) is 0 Å². The molecule has 0 aliphatic carbocycles. The molecule has 0 aliphatic rings. The van der Waals surface area contributed by atoms with Crippen LogP contribution in [0.5, 0.6) is 0 Å². The average Bonchev–Trinajstić information content (AvgIpc) is 2.49. The second-order valence-corrected chi connectivity index (χ2v) is 4.45. The van der Waals surface area contributed by atoms with Gasteiger partial charge in [-0.25, -0.2) is 15.0 Å². The Hall–Kier alpha value is -2.53. The van der Waals surface area contributed by atoms with Gasteiger partial charge in [0.1, 0.15) is 11.5 Å². The Kier molecular flexibility index (Phi) is 3.26. The van der Waals surface area contributed by atoms with Gasteiger partial charge < -0.3 is 5.32 Å². The first-order chi connectivity index (χ1) is 9.75. The molecule has 5 nitrogen and oxygen atoms in total. The van der Waals surface area contributed by atoms with Crippen LogP contribution < -0.4 is 5.32 Å². The predicted molar refractivity (Wildman–Crippen MR) is 76.7 cm³/mol. The first-order valence-corrected chi connectivity index (χ1v) is 6.23. The summed E-state index contributed by atoms with van der Waals surface area (Å²) in [5.41, 5.74) is 0.977. The number of nitrogens with one attached hydrogen (secondary N) is 1. The van der Waals surface area contributed by atoms with Crippen molar-refractivity contribution in [2.75, 3.05) is 5.32 Å². The molecule has 0 saturated heterocycles. The molecule has 2 aromatic heterocycles. The molecule has 6 heteroatoms. The number of carbonyl (C=O) groups is 1. The van der Waals surface area contributed by atoms with Gasteiger partial charge in [0.25, 0.3) is 5.91 Å². The van der Waals surface area contributed by atoms with Gasteiger partial charge in [0.05, 0.1) is 23.6 Å². The zero-order valence-corrected chi connectivity index (χ0v) is 11.0. The maximum absolute atomic E-state index is 12.3. The van der Waals surface area contributed by atoms with Crippen LogP contribution in [0.25, 0.3) is 10.8 Å². The molecular formula is C14H9ClN4O. The molecular weight excluding hydrogens is 276 g/mol. The number of nitrogens with zero attached hydrogens (tertiary/aromatic N) is 3. The number of aromatic nitrogens is 3. The van der Waals surface area contributed by atoms with E-state index in [4.69, 9.17) is 11.6 Å². The molecule has 0 bridgehead atoms. The Bertz CT molecular complexity index is 776. The quantitative estimate of drug-likeness (QED) is 0.735. The van der Waals surface area contributed by atoms with Gasteiger partial charge in [0.2, 0.25) is 0 Å². The van der Waals surface area contributed by atoms with Gasteiger partial charge >= 0.3 is 0 Å². The van der Waals surface area contributed by atoms with E-state index in [1.54, 1.807) is 0 Å². The molecule has 0 spiro atoms. The zero-order chi connectivity index (χ0) is 13.9. The molecule has 0 aliphatic heterocycles. The third-order valence-electron chi connectivity index (χ3n) is 2.81. The van der Waals surface area contributed by atoms with E-state index in [0.29, 0.717) is 16.4 Å². The van der Waals surface area contributed by atoms with Crippen LogP contribution in [0, 0.1) is 0 Å². The molecule has 1 aromatic carbocycles. The number of hydrogen-bond acceptors (Lipinski definition) is 4. The summed E-state index contributed by atoms with van der Waals surface area (Å²) in [5.74, 6) is -0.278. The molecule has 3 rings (SSSR count). The monoisotopic (exact) mass is 284 g/mol. The lowest BCUT2D eigenvalue weighted by molar-refractivity contribution is 0.102. The Morgan fingerprint density at radius 2 is 1.75 bits per heavy atom. The SMILES string of the molecule is O=C(Nc1cncnc1)c1cnc(Cl)c2ccccc12. The van der Waals surface area contributed by atoms with Crippen LogP contribution in [0.2, 0.25) is 5.15 Å². The fourth-order valence-electron chi connectivity index (χ4n) is 1.90. The fourth-order valence-corrected chi connectivity index (χ4v) is 2.11. The topological polar surface area (TPSA) is 67.8 Å². The highest BCUT2D eigenvalue weighted by Crippen LogP contribution is 2.24. The van der Waals surface area contributed by atoms with Crippen molar-refractivity contribution >= 4 is 34.0 Å². The van der Waals surface area contributed by atoms with Gasteiger partial charge in [0, 0.05) is 11.6 Å². The summed E-state index contributed by atoms with van der Waals surface area (Å²) in [6, 6.07) is 7.36. The number of benzene rings is 1. The van der Waals surface area contributed by atoms with E-state index in [-0.39, 0.29) is 5.91 Å². The third-order valence-corrected chi connectivity index (χ3v) is 3.11. The van der Waals surface area contributed by atoms with Gasteiger partial charge in [-0.1, -0.05) is 35.9 Å². The van der Waals surface area contributed by atoms with Crippen molar-refractivity contribution in [1.82, 2.24) is 15.0 Å². The molecule has 0 unspecified atom stereocenters. The molecule has 1 amide bonds. The minimum absolute atomic E-state index is 0.278. The molecule has 20 heavy (non-hydrogen) atoms. The average molecular weight is 285 g/mol. The molecule has 1 N–H and O–H groups in total. The normalized spacial score (nSPS) is 10.4. The molecule has 0 atom stereocenters. The number of amides is 1. The summed E-state index contributed by atoms with van der Waals surface area (Å²) >= 11 is 6.03. The molecule has 2 heterocycles. The van der Waals surface area contributed by atoms with E-state index >= 15 is 0 Å². The van der Waals surface area contributed by atoms with Crippen molar-refractivity contribution in [1.29, 1.82) is 0 Å². The summed E-state index contributed by atoms with van der Waals surface area (Å²) in [6.07, 6.45) is 5.91. The largest absolute Gasteiger partial charge is 0.319 e. The van der Waals surface area contributed by atoms with Crippen LogP contribution in [0.4, 0.5) is 5.69 Å². The summed E-state index contributed by atoms with van der Waals surface area (Å²) in [6.45, 7) is 0. The van der Waals surface area contributed by atoms with Crippen molar-refractivity contribution in [3.8, 4) is 0 Å². The van der Waals surface area contributed by atoms with Crippen LogP contribution >= 0.6 is 11.6 Å². The number of pyridine rings is 1. The minimum atomic E-state index is -0.278. The summed E-state index contributed by atoms with van der Waals surface area (Å²) in [4.78, 5) is 24.0. The Morgan fingerprint density at radius 1 is 1.05 bits per heavy atom. The van der Waals surface area contributed by atoms with Crippen molar-refractivity contribution in [2.24, 2.45) is 0 Å². The van der Waals surface area contributed by atoms with Gasteiger partial charge in [-0.3, -0.25) is 4.79 Å². The van der Waals surface area contributed by atoms with E-state index < -0.39 is 0 Å². The zero-order valence-electron chi connectivity index (χ0n) is 10.2. The highest BCUT2D eigenvalue weighted by atomic mass is 35.5. The number of rotatable bonds is 2. The van der Waals surface area contributed by atoms with E-state index in [1.165, 1.54) is 24.9 Å². The molecule has 98 valence electrons. The number of halogens is 1. The fraction of sp³-hybridized carbons (Fsp3) is 0. The second kappa shape index (κ2) is 5.22. The van der Waals surface area contributed by atoms with Crippen LogP contribution in [0.3, 0.4) is 0 Å². The molecule has 0 saturated carbocycles. The maximum atomic E-state index is 12.3. The lowest BCUT2D eigenvalue weighted by atomic mass is 10.1. The predicted octanol–water partition coefficient (Wildman–Crippen LogP) is 2.93. The van der Waals surface area contributed by atoms with E-state index in [9.17, 15) is 4.79 Å². The summed E-state index contributed by atoms with van der Waals surface area (Å²) in [5, 5.41) is 4.59. The smallest absolute Gasteiger partial charge is 0.257 e. The lowest BCUT2D eigenvalue weighted by Gasteiger charge is -2.08. The van der Waals surface area contributed by atoms with Crippen molar-refractivity contribution in [3.05, 3.63) is 59.9 Å². The summed E-state index contributed by atoms with van der Waals surface area (Å²) in [7, 11) is 0. The third kappa shape index (κ3) is 2.31. The van der Waals surface area contributed by atoms with Crippen LogP contribution in [0.1, 0.15) is 10.4 Å². The first-order valence-electron chi connectivity index (χ1n) is 5.85. The Labute approximate surface area is 119 Å². The van der Waals surface area contributed by atoms with Gasteiger partial charge in [-0.05, 0) is 5.39 Å². The van der Waals surface area contributed by atoms with Gasteiger partial charge in [-0.15, -0.1) is 0 Å². The number of hydrogen-bond donors (Lipinski definition) is 1. The maximum Gasteiger partial charge on any atom is 0.257 e. The van der Waals surface area contributed by atoms with Crippen molar-refractivity contribution in [3.63, 3.8) is 0 Å². The van der Waals surface area contributed by atoms with Crippen molar-refractivity contribution < 1.29 is 4.79 Å². The van der Waals surface area contributed by atoms with Crippen LogP contribution in [-0.4, -0.2) is 20.9 Å². The molecule has 0 radical (unpaired) electrons. The van der Waals surface area contributed by atoms with Gasteiger partial charge in [-0.2, -0.15) is 0 Å². The number of anilines is 1. The number of carbonyl (C=O) groups excluding carboxylic acids is 1. The standard InChI is InChI=1S/C14H9ClN4O/c15-13-11-4-2-1-3-10(11)12(7-18-13)14(20)19-9-5-16-8-17-6-9/h1-8H,(H,19,20). The minimum Gasteiger partial charge on any atom is -0.319 e. The Morgan fingerprint density at radius 3 is 2.50 bits per heavy atom. The second-order valence-electron chi connectivity index (χ2n) is 4.09.